The van der Waals surface area contributed by atoms with Gasteiger partial charge in [-0.05, 0) is 49.1 Å². The summed E-state index contributed by atoms with van der Waals surface area (Å²) >= 11 is 0. The highest BCUT2D eigenvalue weighted by Gasteiger charge is 2.34. The van der Waals surface area contributed by atoms with Gasteiger partial charge in [0.05, 0.1) is 16.6 Å². The number of para-hydroxylation sites is 2. The van der Waals surface area contributed by atoms with Gasteiger partial charge in [0.25, 0.3) is 11.8 Å². The zero-order valence-electron chi connectivity index (χ0n) is 21.9. The van der Waals surface area contributed by atoms with Crippen LogP contribution in [0.4, 0.5) is 5.82 Å². The molecule has 194 valence electrons. The Morgan fingerprint density at radius 2 is 1.37 bits per heavy atom. The summed E-state index contributed by atoms with van der Waals surface area (Å²) in [6.45, 7) is 4.72. The number of nitrogens with zero attached hydrogens (tertiary/aromatic N) is 2. The smallest absolute Gasteiger partial charge is 0.261 e. The molecular weight excluding hydrogens is 474 g/mol. The van der Waals surface area contributed by atoms with Crippen LogP contribution in [0.5, 0.6) is 0 Å². The van der Waals surface area contributed by atoms with Gasteiger partial charge in [0, 0.05) is 29.6 Å². The molecule has 1 aliphatic rings. The van der Waals surface area contributed by atoms with Crippen LogP contribution in [0.25, 0.3) is 16.6 Å². The number of fused-ring (bicyclic) bond motifs is 2. The molecule has 4 aromatic rings. The Bertz CT molecular complexity index is 1450. The van der Waals surface area contributed by atoms with E-state index in [4.69, 9.17) is 0 Å². The van der Waals surface area contributed by atoms with Crippen LogP contribution >= 0.6 is 0 Å². The number of nitrogens with one attached hydrogen (secondary N) is 1. The Kier molecular flexibility index (Phi) is 7.40. The average Bonchev–Trinajstić information content (AvgIpc) is 3.38. The van der Waals surface area contributed by atoms with E-state index in [1.54, 1.807) is 24.3 Å². The maximum Gasteiger partial charge on any atom is 0.261 e. The number of benzene rings is 3. The number of imide groups is 1. The lowest BCUT2D eigenvalue weighted by Crippen LogP contribution is -2.30. The SMILES string of the molecule is CC(C)c1c(NC(=O)CCCCCCN2C(=O)c3ccccc3C2=O)n(-c2ccccc2)c2ccccc12. The third-order valence-electron chi connectivity index (χ3n) is 7.18. The first-order chi connectivity index (χ1) is 18.5. The van der Waals surface area contributed by atoms with Crippen molar-refractivity contribution in [2.45, 2.75) is 51.9 Å². The number of hydrogen-bond acceptors (Lipinski definition) is 3. The van der Waals surface area contributed by atoms with Gasteiger partial charge in [0.15, 0.2) is 0 Å². The quantitative estimate of drug-likeness (QED) is 0.187. The molecule has 0 saturated heterocycles. The van der Waals surface area contributed by atoms with E-state index in [0.717, 1.165) is 53.7 Å². The van der Waals surface area contributed by atoms with Crippen molar-refractivity contribution in [1.29, 1.82) is 0 Å². The molecule has 2 heterocycles. The summed E-state index contributed by atoms with van der Waals surface area (Å²) in [5.74, 6) is 0.650. The number of anilines is 1. The predicted octanol–water partition coefficient (Wildman–Crippen LogP) is 6.94. The Labute approximate surface area is 223 Å². The van der Waals surface area contributed by atoms with Crippen molar-refractivity contribution in [3.05, 3.63) is 95.6 Å². The van der Waals surface area contributed by atoms with Crippen LogP contribution in [-0.4, -0.2) is 33.7 Å². The fraction of sp³-hybridized carbons (Fsp3) is 0.281. The Hall–Kier alpha value is -4.19. The van der Waals surface area contributed by atoms with Gasteiger partial charge >= 0.3 is 0 Å². The van der Waals surface area contributed by atoms with Crippen LogP contribution in [0.1, 0.15) is 78.1 Å². The number of amides is 3. The van der Waals surface area contributed by atoms with Gasteiger partial charge in [-0.1, -0.05) is 75.2 Å². The van der Waals surface area contributed by atoms with Gasteiger partial charge in [-0.3, -0.25) is 23.9 Å². The molecule has 0 atom stereocenters. The summed E-state index contributed by atoms with van der Waals surface area (Å²) in [6.07, 6.45) is 3.60. The van der Waals surface area contributed by atoms with Crippen LogP contribution < -0.4 is 5.32 Å². The largest absolute Gasteiger partial charge is 0.312 e. The first kappa shape index (κ1) is 25.5. The highest BCUT2D eigenvalue weighted by atomic mass is 16.2. The van der Waals surface area contributed by atoms with Crippen LogP contribution in [0.3, 0.4) is 0 Å². The highest BCUT2D eigenvalue weighted by molar-refractivity contribution is 6.21. The Morgan fingerprint density at radius 3 is 2.05 bits per heavy atom. The summed E-state index contributed by atoms with van der Waals surface area (Å²) < 4.78 is 2.14. The van der Waals surface area contributed by atoms with Crippen molar-refractivity contribution in [2.75, 3.05) is 11.9 Å². The molecule has 0 spiro atoms. The van der Waals surface area contributed by atoms with Gasteiger partial charge in [-0.25, -0.2) is 0 Å². The molecule has 6 heteroatoms. The van der Waals surface area contributed by atoms with Crippen molar-refractivity contribution >= 4 is 34.4 Å². The van der Waals surface area contributed by atoms with E-state index in [1.807, 2.05) is 30.3 Å². The molecule has 0 saturated carbocycles. The molecule has 0 radical (unpaired) electrons. The third kappa shape index (κ3) is 4.86. The Morgan fingerprint density at radius 1 is 0.763 bits per heavy atom. The van der Waals surface area contributed by atoms with Crippen molar-refractivity contribution in [3.8, 4) is 5.69 Å². The van der Waals surface area contributed by atoms with E-state index >= 15 is 0 Å². The van der Waals surface area contributed by atoms with E-state index in [1.165, 1.54) is 4.90 Å². The summed E-state index contributed by atoms with van der Waals surface area (Å²) in [7, 11) is 0. The van der Waals surface area contributed by atoms with Crippen LogP contribution in [-0.2, 0) is 4.79 Å². The number of hydrogen-bond donors (Lipinski definition) is 1. The van der Waals surface area contributed by atoms with E-state index in [-0.39, 0.29) is 23.6 Å². The summed E-state index contributed by atoms with van der Waals surface area (Å²) in [5, 5.41) is 4.38. The van der Waals surface area contributed by atoms with E-state index in [2.05, 4.69) is 48.0 Å². The summed E-state index contributed by atoms with van der Waals surface area (Å²) in [5.41, 5.74) is 4.20. The van der Waals surface area contributed by atoms with E-state index in [9.17, 15) is 14.4 Å². The number of carbonyl (C=O) groups is 3. The maximum absolute atomic E-state index is 13.1. The van der Waals surface area contributed by atoms with Gasteiger partial charge < -0.3 is 5.32 Å². The predicted molar refractivity (Wildman–Crippen MR) is 151 cm³/mol. The Balaban J connectivity index is 1.19. The fourth-order valence-electron chi connectivity index (χ4n) is 5.36. The second kappa shape index (κ2) is 11.1. The monoisotopic (exact) mass is 507 g/mol. The summed E-state index contributed by atoms with van der Waals surface area (Å²) in [4.78, 5) is 39.4. The van der Waals surface area contributed by atoms with Crippen LogP contribution in [0, 0.1) is 0 Å². The number of rotatable bonds is 10. The molecule has 0 fully saturated rings. The molecule has 6 nitrogen and oxygen atoms in total. The van der Waals surface area contributed by atoms with Crippen LogP contribution in [0.2, 0.25) is 0 Å². The second-order valence-electron chi connectivity index (χ2n) is 10.1. The lowest BCUT2D eigenvalue weighted by molar-refractivity contribution is -0.116. The molecule has 5 rings (SSSR count). The van der Waals surface area contributed by atoms with Crippen molar-refractivity contribution < 1.29 is 14.4 Å². The molecule has 0 aliphatic carbocycles. The van der Waals surface area contributed by atoms with Crippen molar-refractivity contribution in [1.82, 2.24) is 9.47 Å². The number of unbranched alkanes of at least 4 members (excludes halogenated alkanes) is 3. The number of carbonyl (C=O) groups excluding carboxylic acids is 3. The second-order valence-corrected chi connectivity index (χ2v) is 10.1. The van der Waals surface area contributed by atoms with E-state index in [0.29, 0.717) is 24.1 Å². The molecular formula is C32H33N3O3. The van der Waals surface area contributed by atoms with Gasteiger partial charge in [-0.15, -0.1) is 0 Å². The normalized spacial score (nSPS) is 13.0. The minimum atomic E-state index is -0.209. The molecule has 3 aromatic carbocycles. The lowest BCUT2D eigenvalue weighted by atomic mass is 10.0. The summed E-state index contributed by atoms with van der Waals surface area (Å²) in [6, 6.07) is 25.4. The minimum absolute atomic E-state index is 0.00719. The standard InChI is InChI=1S/C32H33N3O3/c1-22(2)29-26-18-11-12-19-27(26)35(23-14-6-5-7-15-23)30(29)33-28(36)20-8-3-4-13-21-34-31(37)24-16-9-10-17-25(24)32(34)38/h5-7,9-12,14-19,22H,3-4,8,13,20-21H2,1-2H3,(H,33,36). The lowest BCUT2D eigenvalue weighted by Gasteiger charge is -2.15. The fourth-order valence-corrected chi connectivity index (χ4v) is 5.36. The molecule has 1 aliphatic heterocycles. The highest BCUT2D eigenvalue weighted by Crippen LogP contribution is 2.38. The average molecular weight is 508 g/mol. The molecule has 0 bridgehead atoms. The van der Waals surface area contributed by atoms with E-state index < -0.39 is 0 Å². The molecule has 3 amide bonds. The zero-order chi connectivity index (χ0) is 26.6. The van der Waals surface area contributed by atoms with Crippen LogP contribution in [0.15, 0.2) is 78.9 Å². The first-order valence-corrected chi connectivity index (χ1v) is 13.4. The molecule has 0 unspecified atom stereocenters. The van der Waals surface area contributed by atoms with Crippen molar-refractivity contribution in [3.63, 3.8) is 0 Å². The molecule has 38 heavy (non-hydrogen) atoms. The van der Waals surface area contributed by atoms with Crippen molar-refractivity contribution in [2.24, 2.45) is 0 Å². The topological polar surface area (TPSA) is 71.4 Å². The van der Waals surface area contributed by atoms with Gasteiger partial charge in [0.2, 0.25) is 5.91 Å². The third-order valence-corrected chi connectivity index (χ3v) is 7.18. The first-order valence-electron chi connectivity index (χ1n) is 13.4. The van der Waals surface area contributed by atoms with Gasteiger partial charge in [-0.2, -0.15) is 0 Å². The van der Waals surface area contributed by atoms with Gasteiger partial charge in [0.1, 0.15) is 5.82 Å². The zero-order valence-corrected chi connectivity index (χ0v) is 21.9. The molecule has 1 aromatic heterocycles. The minimum Gasteiger partial charge on any atom is -0.312 e. The molecule has 1 N–H and O–H groups in total. The maximum atomic E-state index is 13.1. The number of aromatic nitrogens is 1.